The Bertz CT molecular complexity index is 1710. The number of aromatic hydroxyl groups is 1. The monoisotopic (exact) mass is 645 g/mol. The van der Waals surface area contributed by atoms with Gasteiger partial charge in [0.2, 0.25) is 5.91 Å². The minimum Gasteiger partial charge on any atom is -0.506 e. The summed E-state index contributed by atoms with van der Waals surface area (Å²) in [4.78, 5) is 19.0. The number of anilines is 3. The molecule has 3 aromatic carbocycles. The van der Waals surface area contributed by atoms with Gasteiger partial charge in [-0.2, -0.15) is 5.26 Å². The largest absolute Gasteiger partial charge is 0.506 e. The van der Waals surface area contributed by atoms with Crippen LogP contribution in [0.3, 0.4) is 0 Å². The number of aromatic nitrogens is 1. The molecule has 1 aliphatic heterocycles. The number of nitrogens with one attached hydrogen (secondary N) is 2. The molecule has 1 amide bonds. The van der Waals surface area contributed by atoms with Gasteiger partial charge in [-0.15, -0.1) is 0 Å². The van der Waals surface area contributed by atoms with Crippen LogP contribution in [0, 0.1) is 17.1 Å². The number of carbonyl (C=O) groups excluding carboxylic acids is 1. The van der Waals surface area contributed by atoms with Gasteiger partial charge < -0.3 is 30.1 Å². The molecular formula is C35H37ClFN5O4. The van der Waals surface area contributed by atoms with Gasteiger partial charge in [0.15, 0.2) is 0 Å². The zero-order valence-electron chi connectivity index (χ0n) is 25.9. The highest BCUT2D eigenvalue weighted by Gasteiger charge is 2.15. The van der Waals surface area contributed by atoms with Crippen LogP contribution in [0.5, 0.6) is 11.5 Å². The highest BCUT2D eigenvalue weighted by atomic mass is 35.5. The number of amides is 1. The zero-order chi connectivity index (χ0) is 32.9. The lowest BCUT2D eigenvalue weighted by Gasteiger charge is -2.15. The minimum absolute atomic E-state index is 0.139. The first kappa shape index (κ1) is 34.2. The minimum atomic E-state index is -0.397. The fourth-order valence-electron chi connectivity index (χ4n) is 4.65. The number of rotatable bonds is 11. The molecular weight excluding hydrogens is 609 g/mol. The molecule has 0 saturated carbocycles. The average molecular weight is 646 g/mol. The summed E-state index contributed by atoms with van der Waals surface area (Å²) in [5, 5.41) is 27.0. The molecule has 0 radical (unpaired) electrons. The Morgan fingerprint density at radius 1 is 1.17 bits per heavy atom. The van der Waals surface area contributed by atoms with Crippen molar-refractivity contribution in [1.29, 1.82) is 5.26 Å². The van der Waals surface area contributed by atoms with Gasteiger partial charge in [0.1, 0.15) is 30.0 Å². The molecule has 1 saturated heterocycles. The van der Waals surface area contributed by atoms with Gasteiger partial charge in [-0.1, -0.05) is 43.7 Å². The lowest BCUT2D eigenvalue weighted by molar-refractivity contribution is -0.111. The molecule has 4 aromatic rings. The van der Waals surface area contributed by atoms with Crippen molar-refractivity contribution in [1.82, 2.24) is 9.88 Å². The zero-order valence-corrected chi connectivity index (χ0v) is 26.6. The first-order chi connectivity index (χ1) is 22.3. The van der Waals surface area contributed by atoms with Crippen LogP contribution in [0.15, 0.2) is 72.9 Å². The van der Waals surface area contributed by atoms with E-state index < -0.39 is 5.91 Å². The fraction of sp³-hybridized carbons (Fsp3) is 0.286. The van der Waals surface area contributed by atoms with E-state index in [0.717, 1.165) is 26.3 Å². The lowest BCUT2D eigenvalue weighted by Crippen LogP contribution is -2.23. The Morgan fingerprint density at radius 3 is 2.61 bits per heavy atom. The first-order valence-corrected chi connectivity index (χ1v) is 15.5. The Labute approximate surface area is 273 Å². The number of hydrogen-bond donors (Lipinski definition) is 3. The normalized spacial score (nSPS) is 12.5. The van der Waals surface area contributed by atoms with Crippen molar-refractivity contribution in [3.63, 3.8) is 0 Å². The number of nitriles is 1. The van der Waals surface area contributed by atoms with E-state index in [-0.39, 0.29) is 29.4 Å². The van der Waals surface area contributed by atoms with Crippen molar-refractivity contribution >= 4 is 45.5 Å². The predicted molar refractivity (Wildman–Crippen MR) is 179 cm³/mol. The molecule has 2 heterocycles. The van der Waals surface area contributed by atoms with E-state index in [1.807, 2.05) is 13.8 Å². The number of carbonyl (C=O) groups is 1. The van der Waals surface area contributed by atoms with E-state index in [0.29, 0.717) is 45.2 Å². The summed E-state index contributed by atoms with van der Waals surface area (Å²) in [7, 11) is 0. The Morgan fingerprint density at radius 2 is 1.96 bits per heavy atom. The number of pyridine rings is 1. The first-order valence-electron chi connectivity index (χ1n) is 15.1. The summed E-state index contributed by atoms with van der Waals surface area (Å²) < 4.78 is 24.2. The number of halogens is 2. The van der Waals surface area contributed by atoms with Crippen LogP contribution in [0.1, 0.15) is 37.8 Å². The standard InChI is InChI=1S/C31H29ClFN5O3.C4H8O/c1-3-38(4-2)12-6-9-30(40)37-27-15-24-26(16-28(27)39)35-18-21(17-34)31(24)36-23-10-11-29(25(32)14-23)41-19-20-7-5-8-22(33)13-20;1-2-4-5-3-1/h5-11,13-16,18,39H,3-4,12,19H2,1-2H3,(H,35,36)(H,37,40);1-4H2/b9-6+;. The molecule has 0 atom stereocenters. The van der Waals surface area contributed by atoms with E-state index in [1.165, 1.54) is 43.3 Å². The number of likely N-dealkylation sites (N-methyl/N-ethyl adjacent to an activating group) is 1. The molecule has 1 aliphatic rings. The van der Waals surface area contributed by atoms with Crippen LogP contribution in [0.4, 0.5) is 21.5 Å². The summed E-state index contributed by atoms with van der Waals surface area (Å²) >= 11 is 6.46. The van der Waals surface area contributed by atoms with Crippen LogP contribution in [0.25, 0.3) is 10.9 Å². The molecule has 5 rings (SSSR count). The third-order valence-electron chi connectivity index (χ3n) is 7.20. The molecule has 0 bridgehead atoms. The van der Waals surface area contributed by atoms with Crippen molar-refractivity contribution in [3.8, 4) is 17.6 Å². The van der Waals surface area contributed by atoms with Crippen molar-refractivity contribution in [3.05, 3.63) is 94.9 Å². The summed E-state index contributed by atoms with van der Waals surface area (Å²) in [6, 6.07) is 16.2. The summed E-state index contributed by atoms with van der Waals surface area (Å²) in [5.41, 5.74) is 2.50. The quantitative estimate of drug-likeness (QED) is 0.113. The van der Waals surface area contributed by atoms with E-state index in [9.17, 15) is 19.6 Å². The fourth-order valence-corrected chi connectivity index (χ4v) is 4.89. The Balaban J connectivity index is 0.000000874. The topological polar surface area (TPSA) is 120 Å². The molecule has 1 fully saturated rings. The molecule has 1 aromatic heterocycles. The van der Waals surface area contributed by atoms with Crippen molar-refractivity contribution in [2.75, 3.05) is 43.5 Å². The van der Waals surface area contributed by atoms with Crippen molar-refractivity contribution < 1.29 is 23.8 Å². The van der Waals surface area contributed by atoms with Gasteiger partial charge in [0.05, 0.1) is 27.5 Å². The molecule has 0 unspecified atom stereocenters. The van der Waals surface area contributed by atoms with E-state index in [2.05, 4.69) is 26.6 Å². The van der Waals surface area contributed by atoms with E-state index in [4.69, 9.17) is 21.1 Å². The highest BCUT2D eigenvalue weighted by molar-refractivity contribution is 6.32. The molecule has 240 valence electrons. The van der Waals surface area contributed by atoms with Crippen LogP contribution in [0.2, 0.25) is 5.02 Å². The van der Waals surface area contributed by atoms with Gasteiger partial charge in [0.25, 0.3) is 0 Å². The summed E-state index contributed by atoms with van der Waals surface area (Å²) in [5.74, 6) is -0.497. The number of nitrogens with zero attached hydrogens (tertiary/aromatic N) is 3. The van der Waals surface area contributed by atoms with E-state index in [1.54, 1.807) is 42.5 Å². The van der Waals surface area contributed by atoms with E-state index >= 15 is 0 Å². The van der Waals surface area contributed by atoms with Crippen LogP contribution in [-0.4, -0.2) is 53.7 Å². The van der Waals surface area contributed by atoms with Crippen molar-refractivity contribution in [2.45, 2.75) is 33.3 Å². The van der Waals surface area contributed by atoms with Gasteiger partial charge in [-0.3, -0.25) is 9.78 Å². The second-order valence-electron chi connectivity index (χ2n) is 10.4. The SMILES string of the molecule is C1CCOC1.CCN(CC)C/C=C/C(=O)Nc1cc2c(Nc3ccc(OCc4cccc(F)c4)c(Cl)c3)c(C#N)cnc2cc1O. The van der Waals surface area contributed by atoms with Gasteiger partial charge >= 0.3 is 0 Å². The number of hydrogen-bond acceptors (Lipinski definition) is 8. The smallest absolute Gasteiger partial charge is 0.248 e. The van der Waals surface area contributed by atoms with Gasteiger partial charge in [-0.05, 0) is 67.9 Å². The molecule has 0 aliphatic carbocycles. The van der Waals surface area contributed by atoms with Crippen LogP contribution >= 0.6 is 11.6 Å². The van der Waals surface area contributed by atoms with Gasteiger partial charge in [0, 0.05) is 49.2 Å². The van der Waals surface area contributed by atoms with Gasteiger partial charge in [-0.25, -0.2) is 4.39 Å². The molecule has 9 nitrogen and oxygen atoms in total. The molecule has 0 spiro atoms. The lowest BCUT2D eigenvalue weighted by atomic mass is 10.1. The van der Waals surface area contributed by atoms with Crippen LogP contribution in [-0.2, 0) is 16.1 Å². The van der Waals surface area contributed by atoms with Crippen molar-refractivity contribution in [2.24, 2.45) is 0 Å². The summed E-state index contributed by atoms with van der Waals surface area (Å²) in [6.07, 6.45) is 7.14. The maximum absolute atomic E-state index is 13.5. The molecule has 46 heavy (non-hydrogen) atoms. The maximum atomic E-state index is 13.5. The summed E-state index contributed by atoms with van der Waals surface area (Å²) in [6.45, 7) is 8.60. The molecule has 3 N–H and O–H groups in total. The second-order valence-corrected chi connectivity index (χ2v) is 10.8. The maximum Gasteiger partial charge on any atom is 0.248 e. The number of phenols is 1. The van der Waals surface area contributed by atoms with Crippen LogP contribution < -0.4 is 15.4 Å². The highest BCUT2D eigenvalue weighted by Crippen LogP contribution is 2.37. The third-order valence-corrected chi connectivity index (χ3v) is 7.50. The number of ether oxygens (including phenoxy) is 2. The molecule has 11 heteroatoms. The number of phenolic OH excluding ortho intramolecular Hbond substituents is 1. The predicted octanol–water partition coefficient (Wildman–Crippen LogP) is 7.56. The average Bonchev–Trinajstić information content (AvgIpc) is 3.64. The Kier molecular flexibility index (Phi) is 12.7. The third kappa shape index (κ3) is 9.65. The number of benzene rings is 3. The second kappa shape index (κ2) is 17.1. The number of fused-ring (bicyclic) bond motifs is 1. The Hall–Kier alpha value is -4.69.